The van der Waals surface area contributed by atoms with Gasteiger partial charge in [-0.3, -0.25) is 10.1 Å². The standard InChI is InChI=1S/C15H20N4O4/c1-18-5-4-11-10(8-18)14(17-16-11)9-6-12(19(20)21)15(23-3)13(7-9)22-2/h6-7,10,14,17H,4-5,8H2,1-3H3. The van der Waals surface area contributed by atoms with Crippen molar-refractivity contribution in [3.63, 3.8) is 0 Å². The number of likely N-dealkylation sites (tertiary alicyclic amines) is 1. The van der Waals surface area contributed by atoms with E-state index in [1.165, 1.54) is 14.2 Å². The average Bonchev–Trinajstić information content (AvgIpc) is 2.96. The van der Waals surface area contributed by atoms with E-state index in [2.05, 4.69) is 22.5 Å². The number of nitrogens with zero attached hydrogens (tertiary/aromatic N) is 3. The van der Waals surface area contributed by atoms with E-state index in [-0.39, 0.29) is 23.4 Å². The Kier molecular flexibility index (Phi) is 4.08. The molecule has 2 unspecified atom stereocenters. The zero-order valence-electron chi connectivity index (χ0n) is 13.4. The molecule has 8 heteroatoms. The molecule has 23 heavy (non-hydrogen) atoms. The fourth-order valence-corrected chi connectivity index (χ4v) is 3.29. The zero-order valence-corrected chi connectivity index (χ0v) is 13.4. The maximum Gasteiger partial charge on any atom is 0.315 e. The molecule has 1 fully saturated rings. The Balaban J connectivity index is 2.00. The molecule has 2 heterocycles. The lowest BCUT2D eigenvalue weighted by atomic mass is 9.86. The van der Waals surface area contributed by atoms with E-state index in [4.69, 9.17) is 9.47 Å². The van der Waals surface area contributed by atoms with Crippen LogP contribution in [-0.2, 0) is 0 Å². The molecule has 0 amide bonds. The predicted molar refractivity (Wildman–Crippen MR) is 85.1 cm³/mol. The van der Waals surface area contributed by atoms with E-state index in [0.717, 1.165) is 30.8 Å². The first-order valence-electron chi connectivity index (χ1n) is 7.46. The van der Waals surface area contributed by atoms with Gasteiger partial charge < -0.3 is 19.8 Å². The molecule has 1 aromatic rings. The van der Waals surface area contributed by atoms with Crippen LogP contribution in [0.25, 0.3) is 0 Å². The fourth-order valence-electron chi connectivity index (χ4n) is 3.29. The number of nitrogens with one attached hydrogen (secondary N) is 1. The van der Waals surface area contributed by atoms with Gasteiger partial charge in [0.1, 0.15) is 0 Å². The van der Waals surface area contributed by atoms with E-state index in [1.807, 2.05) is 0 Å². The van der Waals surface area contributed by atoms with Crippen LogP contribution in [0.4, 0.5) is 5.69 Å². The predicted octanol–water partition coefficient (Wildman–Crippen LogP) is 1.56. The van der Waals surface area contributed by atoms with Crippen molar-refractivity contribution >= 4 is 11.4 Å². The van der Waals surface area contributed by atoms with Crippen molar-refractivity contribution in [3.8, 4) is 11.5 Å². The molecule has 2 aliphatic heterocycles. The number of piperidine rings is 1. The molecule has 8 nitrogen and oxygen atoms in total. The summed E-state index contributed by atoms with van der Waals surface area (Å²) < 4.78 is 10.4. The largest absolute Gasteiger partial charge is 0.493 e. The van der Waals surface area contributed by atoms with Gasteiger partial charge in [-0.1, -0.05) is 0 Å². The second-order valence-electron chi connectivity index (χ2n) is 5.86. The maximum atomic E-state index is 11.4. The number of hydrogen-bond donors (Lipinski definition) is 1. The first-order chi connectivity index (χ1) is 11.0. The number of rotatable bonds is 4. The van der Waals surface area contributed by atoms with Crippen LogP contribution in [0.3, 0.4) is 0 Å². The normalized spacial score (nSPS) is 23.7. The second kappa shape index (κ2) is 6.04. The van der Waals surface area contributed by atoms with Crippen LogP contribution in [0.15, 0.2) is 17.2 Å². The topological polar surface area (TPSA) is 89.2 Å². The van der Waals surface area contributed by atoms with Gasteiger partial charge in [0, 0.05) is 37.2 Å². The molecule has 2 atom stereocenters. The van der Waals surface area contributed by atoms with Crippen molar-refractivity contribution in [2.45, 2.75) is 12.5 Å². The Hall–Kier alpha value is -2.35. The second-order valence-corrected chi connectivity index (χ2v) is 5.86. The first-order valence-corrected chi connectivity index (χ1v) is 7.46. The summed E-state index contributed by atoms with van der Waals surface area (Å²) in [5.41, 5.74) is 4.95. The summed E-state index contributed by atoms with van der Waals surface area (Å²) in [6.45, 7) is 1.86. The highest BCUT2D eigenvalue weighted by molar-refractivity contribution is 5.90. The molecule has 3 rings (SSSR count). The van der Waals surface area contributed by atoms with Gasteiger partial charge in [0.2, 0.25) is 5.75 Å². The molecule has 0 bridgehead atoms. The highest BCUT2D eigenvalue weighted by Gasteiger charge is 2.37. The van der Waals surface area contributed by atoms with Gasteiger partial charge in [0.05, 0.1) is 25.2 Å². The van der Waals surface area contributed by atoms with Crippen LogP contribution in [0.5, 0.6) is 11.5 Å². The Bertz CT molecular complexity index is 661. The van der Waals surface area contributed by atoms with Gasteiger partial charge in [-0.25, -0.2) is 0 Å². The van der Waals surface area contributed by atoms with Gasteiger partial charge in [0.25, 0.3) is 0 Å². The van der Waals surface area contributed by atoms with Crippen LogP contribution in [0, 0.1) is 16.0 Å². The summed E-state index contributed by atoms with van der Waals surface area (Å²) in [6.07, 6.45) is 0.917. The van der Waals surface area contributed by atoms with Crippen molar-refractivity contribution in [3.05, 3.63) is 27.8 Å². The molecular weight excluding hydrogens is 300 g/mol. The number of nitro benzene ring substituents is 1. The Labute approximate surface area is 134 Å². The monoisotopic (exact) mass is 320 g/mol. The lowest BCUT2D eigenvalue weighted by molar-refractivity contribution is -0.385. The van der Waals surface area contributed by atoms with Crippen LogP contribution < -0.4 is 14.9 Å². The quantitative estimate of drug-likeness (QED) is 0.669. The van der Waals surface area contributed by atoms with Crippen LogP contribution >= 0.6 is 0 Å². The van der Waals surface area contributed by atoms with E-state index in [0.29, 0.717) is 5.75 Å². The van der Waals surface area contributed by atoms with Gasteiger partial charge in [-0.15, -0.1) is 0 Å². The van der Waals surface area contributed by atoms with Crippen molar-refractivity contribution < 1.29 is 14.4 Å². The van der Waals surface area contributed by atoms with E-state index < -0.39 is 4.92 Å². The highest BCUT2D eigenvalue weighted by atomic mass is 16.6. The molecule has 0 saturated carbocycles. The van der Waals surface area contributed by atoms with Gasteiger partial charge >= 0.3 is 5.69 Å². The van der Waals surface area contributed by atoms with Crippen LogP contribution in [0.1, 0.15) is 18.0 Å². The molecule has 0 aliphatic carbocycles. The number of ether oxygens (including phenoxy) is 2. The molecule has 0 aromatic heterocycles. The number of hydrogen-bond acceptors (Lipinski definition) is 7. The minimum absolute atomic E-state index is 0.0914. The Morgan fingerprint density at radius 3 is 2.83 bits per heavy atom. The minimum atomic E-state index is -0.450. The lowest BCUT2D eigenvalue weighted by Gasteiger charge is -2.31. The summed E-state index contributed by atoms with van der Waals surface area (Å²) >= 11 is 0. The van der Waals surface area contributed by atoms with E-state index >= 15 is 0 Å². The summed E-state index contributed by atoms with van der Waals surface area (Å²) in [5.74, 6) is 0.712. The van der Waals surface area contributed by atoms with Crippen molar-refractivity contribution in [2.24, 2.45) is 11.0 Å². The van der Waals surface area contributed by atoms with Crippen molar-refractivity contribution in [1.82, 2.24) is 10.3 Å². The van der Waals surface area contributed by atoms with E-state index in [9.17, 15) is 10.1 Å². The molecule has 0 spiro atoms. The number of methoxy groups -OCH3 is 2. The van der Waals surface area contributed by atoms with Gasteiger partial charge in [-0.2, -0.15) is 5.10 Å². The SMILES string of the molecule is COc1cc(C2NN=C3CCN(C)CC32)cc([N+](=O)[O-])c1OC. The van der Waals surface area contributed by atoms with Gasteiger partial charge in [-0.05, 0) is 18.7 Å². The summed E-state index contributed by atoms with van der Waals surface area (Å²) in [5, 5.41) is 15.8. The molecule has 2 aliphatic rings. The third-order valence-electron chi connectivity index (χ3n) is 4.47. The van der Waals surface area contributed by atoms with Crippen molar-refractivity contribution in [1.29, 1.82) is 0 Å². The summed E-state index contributed by atoms with van der Waals surface area (Å²) in [6, 6.07) is 3.24. The summed E-state index contributed by atoms with van der Waals surface area (Å²) in [4.78, 5) is 13.2. The fraction of sp³-hybridized carbons (Fsp3) is 0.533. The molecule has 1 N–H and O–H groups in total. The molecule has 0 radical (unpaired) electrons. The summed E-state index contributed by atoms with van der Waals surface area (Å²) in [7, 11) is 4.95. The Morgan fingerprint density at radius 2 is 2.17 bits per heavy atom. The van der Waals surface area contributed by atoms with Crippen LogP contribution in [-0.4, -0.2) is 49.9 Å². The number of fused-ring (bicyclic) bond motifs is 1. The van der Waals surface area contributed by atoms with Crippen molar-refractivity contribution in [2.75, 3.05) is 34.4 Å². The van der Waals surface area contributed by atoms with Gasteiger partial charge in [0.15, 0.2) is 5.75 Å². The molecule has 1 aromatic carbocycles. The zero-order chi connectivity index (χ0) is 16.6. The first kappa shape index (κ1) is 15.5. The highest BCUT2D eigenvalue weighted by Crippen LogP contribution is 2.42. The van der Waals surface area contributed by atoms with E-state index in [1.54, 1.807) is 12.1 Å². The number of benzene rings is 1. The average molecular weight is 320 g/mol. The minimum Gasteiger partial charge on any atom is -0.493 e. The molecular formula is C15H20N4O4. The molecule has 1 saturated heterocycles. The smallest absolute Gasteiger partial charge is 0.315 e. The van der Waals surface area contributed by atoms with Crippen LogP contribution in [0.2, 0.25) is 0 Å². The lowest BCUT2D eigenvalue weighted by Crippen LogP contribution is -2.39. The molecule has 124 valence electrons. The number of nitro groups is 1. The Morgan fingerprint density at radius 1 is 1.39 bits per heavy atom. The maximum absolute atomic E-state index is 11.4. The third kappa shape index (κ3) is 2.70. The third-order valence-corrected chi connectivity index (χ3v) is 4.47. The number of hydrazone groups is 1.